The first-order valence-electron chi connectivity index (χ1n) is 10.5. The van der Waals surface area contributed by atoms with Crippen molar-refractivity contribution in [3.05, 3.63) is 66.7 Å². The summed E-state index contributed by atoms with van der Waals surface area (Å²) in [7, 11) is 0. The van der Waals surface area contributed by atoms with Crippen molar-refractivity contribution >= 4 is 40.1 Å². The Morgan fingerprint density at radius 2 is 2.06 bits per heavy atom. The van der Waals surface area contributed by atoms with Gasteiger partial charge in [-0.15, -0.1) is 0 Å². The van der Waals surface area contributed by atoms with E-state index in [0.717, 1.165) is 35.3 Å². The molecule has 8 heteroatoms. The van der Waals surface area contributed by atoms with E-state index in [1.165, 1.54) is 0 Å². The van der Waals surface area contributed by atoms with Crippen LogP contribution in [0.25, 0.3) is 11.0 Å². The summed E-state index contributed by atoms with van der Waals surface area (Å²) in [6, 6.07) is 3.74. The van der Waals surface area contributed by atoms with Crippen LogP contribution in [0.5, 0.6) is 0 Å². The molecule has 1 amide bonds. The van der Waals surface area contributed by atoms with E-state index in [9.17, 15) is 9.59 Å². The van der Waals surface area contributed by atoms with Gasteiger partial charge in [0.05, 0.1) is 29.0 Å². The van der Waals surface area contributed by atoms with Gasteiger partial charge < -0.3 is 19.6 Å². The van der Waals surface area contributed by atoms with E-state index in [0.29, 0.717) is 45.6 Å². The Hall–Kier alpha value is -2.28. The van der Waals surface area contributed by atoms with Crippen molar-refractivity contribution in [1.29, 1.82) is 0 Å². The van der Waals surface area contributed by atoms with Crippen LogP contribution in [-0.2, 0) is 13.0 Å². The molecule has 2 N–H and O–H groups in total. The number of hydrogen-bond acceptors (Lipinski definition) is 4. The number of aryl methyl sites for hydroxylation is 1. The molecular weight excluding hydrogens is 437 g/mol. The van der Waals surface area contributed by atoms with Gasteiger partial charge in [0, 0.05) is 22.6 Å². The molecule has 162 valence electrons. The molecule has 1 aromatic carbocycles. The highest BCUT2D eigenvalue weighted by Crippen LogP contribution is 2.40. The van der Waals surface area contributed by atoms with Gasteiger partial charge in [-0.25, -0.2) is 0 Å². The van der Waals surface area contributed by atoms with Crippen molar-refractivity contribution in [1.82, 2.24) is 15.2 Å². The summed E-state index contributed by atoms with van der Waals surface area (Å²) in [4.78, 5) is 30.7. The highest BCUT2D eigenvalue weighted by atomic mass is 35.5. The Balaban J connectivity index is 1.53. The summed E-state index contributed by atoms with van der Waals surface area (Å²) in [5.41, 5.74) is 3.62. The van der Waals surface area contributed by atoms with Crippen LogP contribution >= 0.6 is 23.2 Å². The maximum Gasteiger partial charge on any atom is 0.256 e. The molecule has 0 saturated carbocycles. The number of carbonyl (C=O) groups excluding carboxylic acids is 1. The van der Waals surface area contributed by atoms with Crippen LogP contribution in [0.4, 0.5) is 0 Å². The van der Waals surface area contributed by atoms with E-state index in [1.807, 2.05) is 19.1 Å². The SMILES string of the molecule is Cc1[nH]c(=O)c(CN2CCc3c(Cl)cc(C(C)C4CNC4)c(Cl)c3C2=O)c2occc12. The summed E-state index contributed by atoms with van der Waals surface area (Å²) in [6.07, 6.45) is 2.14. The minimum Gasteiger partial charge on any atom is -0.464 e. The van der Waals surface area contributed by atoms with Crippen LogP contribution in [-0.4, -0.2) is 35.4 Å². The lowest BCUT2D eigenvalue weighted by Crippen LogP contribution is -2.45. The van der Waals surface area contributed by atoms with Crippen LogP contribution in [0.1, 0.15) is 45.6 Å². The molecule has 1 unspecified atom stereocenters. The second kappa shape index (κ2) is 7.69. The molecule has 5 rings (SSSR count). The quantitative estimate of drug-likeness (QED) is 0.610. The fraction of sp³-hybridized carbons (Fsp3) is 0.391. The smallest absolute Gasteiger partial charge is 0.256 e. The van der Waals surface area contributed by atoms with E-state index < -0.39 is 0 Å². The Labute approximate surface area is 189 Å². The average molecular weight is 460 g/mol. The van der Waals surface area contributed by atoms with Gasteiger partial charge in [0.1, 0.15) is 5.58 Å². The summed E-state index contributed by atoms with van der Waals surface area (Å²) in [6.45, 7) is 6.42. The number of benzene rings is 1. The van der Waals surface area contributed by atoms with Gasteiger partial charge in [0.25, 0.3) is 11.5 Å². The van der Waals surface area contributed by atoms with Gasteiger partial charge in [0.2, 0.25) is 0 Å². The molecule has 6 nitrogen and oxygen atoms in total. The Bertz CT molecular complexity index is 1260. The van der Waals surface area contributed by atoms with Crippen LogP contribution in [0, 0.1) is 12.8 Å². The first-order valence-corrected chi connectivity index (χ1v) is 11.2. The Morgan fingerprint density at radius 1 is 1.29 bits per heavy atom. The lowest BCUT2D eigenvalue weighted by Gasteiger charge is -2.35. The number of halogens is 2. The lowest BCUT2D eigenvalue weighted by atomic mass is 9.82. The number of furan rings is 1. The molecule has 1 saturated heterocycles. The fourth-order valence-electron chi connectivity index (χ4n) is 4.65. The van der Waals surface area contributed by atoms with Gasteiger partial charge in [0.15, 0.2) is 0 Å². The molecule has 2 aromatic heterocycles. The number of rotatable bonds is 4. The number of amides is 1. The van der Waals surface area contributed by atoms with Gasteiger partial charge in [-0.2, -0.15) is 0 Å². The molecule has 0 radical (unpaired) electrons. The number of aromatic nitrogens is 1. The summed E-state index contributed by atoms with van der Waals surface area (Å²) in [5.74, 6) is 0.468. The maximum absolute atomic E-state index is 13.5. The second-order valence-corrected chi connectivity index (χ2v) is 9.31. The number of fused-ring (bicyclic) bond motifs is 2. The molecular formula is C23H23Cl2N3O3. The minimum atomic E-state index is -0.248. The van der Waals surface area contributed by atoms with Crippen molar-refractivity contribution < 1.29 is 9.21 Å². The van der Waals surface area contributed by atoms with Gasteiger partial charge in [-0.05, 0) is 61.5 Å². The highest BCUT2D eigenvalue weighted by molar-refractivity contribution is 6.37. The molecule has 4 heterocycles. The lowest BCUT2D eigenvalue weighted by molar-refractivity contribution is 0.0726. The number of H-pyrrole nitrogens is 1. The zero-order valence-electron chi connectivity index (χ0n) is 17.4. The third kappa shape index (κ3) is 3.28. The first-order chi connectivity index (χ1) is 14.9. The summed E-state index contributed by atoms with van der Waals surface area (Å²) >= 11 is 13.4. The van der Waals surface area contributed by atoms with E-state index in [2.05, 4.69) is 17.2 Å². The zero-order chi connectivity index (χ0) is 21.9. The van der Waals surface area contributed by atoms with E-state index in [4.69, 9.17) is 27.6 Å². The molecule has 0 bridgehead atoms. The Kier molecular flexibility index (Phi) is 5.12. The van der Waals surface area contributed by atoms with Crippen LogP contribution in [0.15, 0.2) is 27.6 Å². The third-order valence-corrected chi connectivity index (χ3v) is 7.50. The fourth-order valence-corrected chi connectivity index (χ4v) is 5.37. The summed E-state index contributed by atoms with van der Waals surface area (Å²) < 4.78 is 5.58. The standard InChI is InChI=1S/C23H23Cl2N3O3/c1-11(13-8-26-9-13)16-7-18(24)15-3-5-28(23(30)19(15)20(16)25)10-17-21-14(4-6-31-21)12(2)27-22(17)29/h4,6-7,11,13,26H,3,5,8-10H2,1-2H3,(H,27,29). The molecule has 1 fully saturated rings. The molecule has 2 aliphatic heterocycles. The monoisotopic (exact) mass is 459 g/mol. The topological polar surface area (TPSA) is 78.3 Å². The number of nitrogens with one attached hydrogen (secondary N) is 2. The predicted octanol–water partition coefficient (Wildman–Crippen LogP) is 4.26. The second-order valence-electron chi connectivity index (χ2n) is 8.52. The van der Waals surface area contributed by atoms with Crippen LogP contribution in [0.2, 0.25) is 10.0 Å². The van der Waals surface area contributed by atoms with Crippen molar-refractivity contribution in [3.63, 3.8) is 0 Å². The minimum absolute atomic E-state index is 0.151. The number of carbonyl (C=O) groups is 1. The first kappa shape index (κ1) is 20.6. The molecule has 31 heavy (non-hydrogen) atoms. The Morgan fingerprint density at radius 3 is 2.77 bits per heavy atom. The summed E-state index contributed by atoms with van der Waals surface area (Å²) in [5, 5.41) is 5.19. The number of aromatic amines is 1. The van der Waals surface area contributed by atoms with Gasteiger partial charge >= 0.3 is 0 Å². The number of nitrogens with zero attached hydrogens (tertiary/aromatic N) is 1. The maximum atomic E-state index is 13.5. The molecule has 0 spiro atoms. The van der Waals surface area contributed by atoms with Crippen molar-refractivity contribution in [2.24, 2.45) is 5.92 Å². The van der Waals surface area contributed by atoms with Crippen molar-refractivity contribution in [3.8, 4) is 0 Å². The zero-order valence-corrected chi connectivity index (χ0v) is 18.9. The predicted molar refractivity (Wildman–Crippen MR) is 121 cm³/mol. The van der Waals surface area contributed by atoms with Crippen LogP contribution < -0.4 is 10.9 Å². The number of hydrogen-bond donors (Lipinski definition) is 2. The largest absolute Gasteiger partial charge is 0.464 e. The highest BCUT2D eigenvalue weighted by Gasteiger charge is 2.34. The third-order valence-electron chi connectivity index (χ3n) is 6.76. The number of pyridine rings is 1. The average Bonchev–Trinajstić information content (AvgIpc) is 3.17. The van der Waals surface area contributed by atoms with E-state index in [1.54, 1.807) is 11.2 Å². The van der Waals surface area contributed by atoms with Crippen LogP contribution in [0.3, 0.4) is 0 Å². The molecule has 1 atom stereocenters. The molecule has 0 aliphatic carbocycles. The van der Waals surface area contributed by atoms with E-state index >= 15 is 0 Å². The van der Waals surface area contributed by atoms with E-state index in [-0.39, 0.29) is 23.9 Å². The van der Waals surface area contributed by atoms with Gasteiger partial charge in [-0.1, -0.05) is 30.1 Å². The molecule has 2 aliphatic rings. The van der Waals surface area contributed by atoms with Crippen molar-refractivity contribution in [2.45, 2.75) is 32.7 Å². The molecule has 3 aromatic rings. The van der Waals surface area contributed by atoms with Gasteiger partial charge in [-0.3, -0.25) is 9.59 Å². The van der Waals surface area contributed by atoms with Crippen molar-refractivity contribution in [2.75, 3.05) is 19.6 Å². The normalized spacial score (nSPS) is 17.7.